The standard InChI is InChI=1S/C16H19N3O3S/c1-9-8-23-15(17-9)13-6-11-3-4-19(7-14(11)21-13)16(20)12-5-10(2)22-18-12/h5,8,11,13-14H,3-4,6-7H2,1-2H3/t11-,13-,14+/m0/s1. The minimum atomic E-state index is -0.0718. The minimum absolute atomic E-state index is 0.0718. The summed E-state index contributed by atoms with van der Waals surface area (Å²) >= 11 is 1.66. The van der Waals surface area contributed by atoms with Crippen LogP contribution in [0.15, 0.2) is 16.0 Å². The van der Waals surface area contributed by atoms with Crippen molar-refractivity contribution >= 4 is 17.2 Å². The molecule has 3 atom stereocenters. The largest absolute Gasteiger partial charge is 0.366 e. The Kier molecular flexibility index (Phi) is 3.69. The Morgan fingerprint density at radius 1 is 1.43 bits per heavy atom. The number of hydrogen-bond acceptors (Lipinski definition) is 6. The molecule has 2 aliphatic rings. The molecular weight excluding hydrogens is 314 g/mol. The minimum Gasteiger partial charge on any atom is -0.366 e. The number of fused-ring (bicyclic) bond motifs is 1. The third-order valence-corrected chi connectivity index (χ3v) is 5.65. The van der Waals surface area contributed by atoms with Gasteiger partial charge in [-0.25, -0.2) is 4.98 Å². The van der Waals surface area contributed by atoms with E-state index in [1.165, 1.54) is 0 Å². The predicted octanol–water partition coefficient (Wildman–Crippen LogP) is 2.74. The molecule has 0 radical (unpaired) electrons. The molecular formula is C16H19N3O3S. The number of ether oxygens (including phenoxy) is 1. The van der Waals surface area contributed by atoms with Crippen LogP contribution in [0.1, 0.15) is 45.9 Å². The summed E-state index contributed by atoms with van der Waals surface area (Å²) in [5.74, 6) is 1.09. The van der Waals surface area contributed by atoms with Crippen LogP contribution >= 0.6 is 11.3 Å². The lowest BCUT2D eigenvalue weighted by Crippen LogP contribution is -2.45. The van der Waals surface area contributed by atoms with Crippen LogP contribution in [0.2, 0.25) is 0 Å². The molecule has 2 fully saturated rings. The van der Waals surface area contributed by atoms with Crippen molar-refractivity contribution in [1.82, 2.24) is 15.0 Å². The fourth-order valence-electron chi connectivity index (χ4n) is 3.42. The second-order valence-corrected chi connectivity index (χ2v) is 7.24. The fourth-order valence-corrected chi connectivity index (χ4v) is 4.27. The summed E-state index contributed by atoms with van der Waals surface area (Å²) in [6, 6.07) is 1.69. The molecule has 23 heavy (non-hydrogen) atoms. The van der Waals surface area contributed by atoms with Crippen molar-refractivity contribution in [3.05, 3.63) is 33.6 Å². The molecule has 0 aliphatic carbocycles. The van der Waals surface area contributed by atoms with E-state index in [0.29, 0.717) is 23.9 Å². The lowest BCUT2D eigenvalue weighted by molar-refractivity contribution is -0.00477. The van der Waals surface area contributed by atoms with E-state index in [9.17, 15) is 4.79 Å². The van der Waals surface area contributed by atoms with E-state index in [1.54, 1.807) is 24.3 Å². The van der Waals surface area contributed by atoms with Gasteiger partial charge in [-0.05, 0) is 32.6 Å². The summed E-state index contributed by atoms with van der Waals surface area (Å²) in [7, 11) is 0. The number of thiazole rings is 1. The average Bonchev–Trinajstić information content (AvgIpc) is 3.24. The summed E-state index contributed by atoms with van der Waals surface area (Å²) in [4.78, 5) is 18.9. The van der Waals surface area contributed by atoms with Crippen LogP contribution in [0, 0.1) is 19.8 Å². The van der Waals surface area contributed by atoms with Gasteiger partial charge in [-0.15, -0.1) is 11.3 Å². The van der Waals surface area contributed by atoms with Gasteiger partial charge < -0.3 is 14.2 Å². The maximum atomic E-state index is 12.5. The Morgan fingerprint density at radius 3 is 3.00 bits per heavy atom. The van der Waals surface area contributed by atoms with E-state index >= 15 is 0 Å². The second kappa shape index (κ2) is 5.72. The number of likely N-dealkylation sites (tertiary alicyclic amines) is 1. The summed E-state index contributed by atoms with van der Waals surface area (Å²) in [5, 5.41) is 6.94. The molecule has 4 rings (SSSR count). The first-order valence-electron chi connectivity index (χ1n) is 7.90. The van der Waals surface area contributed by atoms with Gasteiger partial charge in [-0.2, -0.15) is 0 Å². The van der Waals surface area contributed by atoms with Crippen LogP contribution in [0.4, 0.5) is 0 Å². The maximum absolute atomic E-state index is 12.5. The monoisotopic (exact) mass is 333 g/mol. The molecule has 0 bridgehead atoms. The summed E-state index contributed by atoms with van der Waals surface area (Å²) in [5.41, 5.74) is 1.42. The van der Waals surface area contributed by atoms with Crippen LogP contribution < -0.4 is 0 Å². The highest BCUT2D eigenvalue weighted by molar-refractivity contribution is 7.09. The molecule has 2 aromatic heterocycles. The van der Waals surface area contributed by atoms with Gasteiger partial charge in [-0.3, -0.25) is 4.79 Å². The Morgan fingerprint density at radius 2 is 2.30 bits per heavy atom. The van der Waals surface area contributed by atoms with Gasteiger partial charge in [0, 0.05) is 30.2 Å². The summed E-state index contributed by atoms with van der Waals surface area (Å²) in [6.07, 6.45) is 2.14. The van der Waals surface area contributed by atoms with Crippen molar-refractivity contribution in [3.8, 4) is 0 Å². The number of carbonyl (C=O) groups excluding carboxylic acids is 1. The van der Waals surface area contributed by atoms with Gasteiger partial charge in [0.25, 0.3) is 5.91 Å². The van der Waals surface area contributed by atoms with Crippen molar-refractivity contribution in [1.29, 1.82) is 0 Å². The summed E-state index contributed by atoms with van der Waals surface area (Å²) in [6.45, 7) is 5.16. The number of aromatic nitrogens is 2. The molecule has 122 valence electrons. The molecule has 7 heteroatoms. The van der Waals surface area contributed by atoms with E-state index < -0.39 is 0 Å². The SMILES string of the molecule is Cc1csc([C@@H]2C[C@@H]3CCN(C(=O)c4cc(C)on4)C[C@H]3O2)n1. The number of rotatable bonds is 2. The molecule has 0 aromatic carbocycles. The first-order chi connectivity index (χ1) is 11.1. The van der Waals surface area contributed by atoms with Crippen LogP contribution in [0.3, 0.4) is 0 Å². The normalized spacial score (nSPS) is 27.2. The zero-order valence-corrected chi connectivity index (χ0v) is 14.0. The first-order valence-corrected chi connectivity index (χ1v) is 8.78. The summed E-state index contributed by atoms with van der Waals surface area (Å²) < 4.78 is 11.2. The van der Waals surface area contributed by atoms with Crippen molar-refractivity contribution in [2.24, 2.45) is 5.92 Å². The molecule has 0 saturated carbocycles. The molecule has 0 N–H and O–H groups in total. The van der Waals surface area contributed by atoms with Gasteiger partial charge in [0.05, 0.1) is 6.10 Å². The molecule has 2 aromatic rings. The zero-order valence-electron chi connectivity index (χ0n) is 13.2. The van der Waals surface area contributed by atoms with Crippen LogP contribution in [0.25, 0.3) is 0 Å². The highest BCUT2D eigenvalue weighted by atomic mass is 32.1. The number of hydrogen-bond donors (Lipinski definition) is 0. The van der Waals surface area contributed by atoms with Crippen molar-refractivity contribution in [2.75, 3.05) is 13.1 Å². The highest BCUT2D eigenvalue weighted by Crippen LogP contribution is 2.41. The molecule has 1 amide bonds. The Hall–Kier alpha value is -1.73. The number of amides is 1. The molecule has 0 spiro atoms. The van der Waals surface area contributed by atoms with Crippen LogP contribution in [0.5, 0.6) is 0 Å². The number of aryl methyl sites for hydroxylation is 2. The van der Waals surface area contributed by atoms with Gasteiger partial charge in [0.15, 0.2) is 5.69 Å². The quantitative estimate of drug-likeness (QED) is 0.845. The molecule has 2 aliphatic heterocycles. The maximum Gasteiger partial charge on any atom is 0.276 e. The topological polar surface area (TPSA) is 68.5 Å². The zero-order chi connectivity index (χ0) is 16.0. The highest BCUT2D eigenvalue weighted by Gasteiger charge is 2.42. The number of nitrogens with zero attached hydrogens (tertiary/aromatic N) is 3. The Balaban J connectivity index is 1.44. The fraction of sp³-hybridized carbons (Fsp3) is 0.562. The average molecular weight is 333 g/mol. The van der Waals surface area contributed by atoms with Gasteiger partial charge >= 0.3 is 0 Å². The second-order valence-electron chi connectivity index (χ2n) is 6.35. The van der Waals surface area contributed by atoms with Crippen molar-refractivity contribution in [3.63, 3.8) is 0 Å². The Labute approximate surface area is 138 Å². The van der Waals surface area contributed by atoms with Crippen LogP contribution in [-0.4, -0.2) is 40.1 Å². The van der Waals surface area contributed by atoms with Crippen molar-refractivity contribution in [2.45, 2.75) is 38.9 Å². The predicted molar refractivity (Wildman–Crippen MR) is 84.3 cm³/mol. The van der Waals surface area contributed by atoms with Gasteiger partial charge in [0.2, 0.25) is 0 Å². The van der Waals surface area contributed by atoms with E-state index in [0.717, 1.165) is 30.1 Å². The molecule has 2 saturated heterocycles. The third kappa shape index (κ3) is 2.79. The van der Waals surface area contributed by atoms with Gasteiger partial charge in [-0.1, -0.05) is 5.16 Å². The number of piperidine rings is 1. The van der Waals surface area contributed by atoms with Crippen LogP contribution in [-0.2, 0) is 4.74 Å². The van der Waals surface area contributed by atoms with Gasteiger partial charge in [0.1, 0.15) is 16.9 Å². The van der Waals surface area contributed by atoms with E-state index in [-0.39, 0.29) is 18.1 Å². The van der Waals surface area contributed by atoms with Crippen molar-refractivity contribution < 1.29 is 14.1 Å². The third-order valence-electron chi connectivity index (χ3n) is 4.60. The smallest absolute Gasteiger partial charge is 0.276 e. The Bertz CT molecular complexity index is 726. The first kappa shape index (κ1) is 14.8. The van der Waals surface area contributed by atoms with E-state index in [4.69, 9.17) is 9.26 Å². The molecule has 4 heterocycles. The van der Waals surface area contributed by atoms with E-state index in [2.05, 4.69) is 15.5 Å². The number of carbonyl (C=O) groups is 1. The molecule has 6 nitrogen and oxygen atoms in total. The lowest BCUT2D eigenvalue weighted by atomic mass is 9.91. The lowest BCUT2D eigenvalue weighted by Gasteiger charge is -2.33. The molecule has 0 unspecified atom stereocenters. The van der Waals surface area contributed by atoms with E-state index in [1.807, 2.05) is 11.8 Å².